The van der Waals surface area contributed by atoms with Gasteiger partial charge < -0.3 is 29.8 Å². The Morgan fingerprint density at radius 2 is 1.46 bits per heavy atom. The molecule has 5 saturated heterocycles. The number of imide groups is 1. The van der Waals surface area contributed by atoms with Crippen LogP contribution in [0.5, 0.6) is 0 Å². The van der Waals surface area contributed by atoms with Crippen LogP contribution in [0.15, 0.2) is 54.7 Å². The van der Waals surface area contributed by atoms with E-state index in [2.05, 4.69) is 46.1 Å². The summed E-state index contributed by atoms with van der Waals surface area (Å²) >= 11 is 0. The highest BCUT2D eigenvalue weighted by Gasteiger charge is 2.43. The van der Waals surface area contributed by atoms with Crippen molar-refractivity contribution >= 4 is 52.2 Å². The van der Waals surface area contributed by atoms with Crippen LogP contribution in [-0.2, 0) is 27.1 Å². The number of carbonyl (C=O) groups excluding carboxylic acids is 4. The Hall–Kier alpha value is -5.80. The maximum absolute atomic E-state index is 15.9. The number of aromatic nitrogens is 1. The zero-order valence-electron chi connectivity index (χ0n) is 36.3. The molecule has 1 aromatic heterocycles. The molecule has 65 heavy (non-hydrogen) atoms. The molecule has 344 valence electrons. The number of carbonyl (C=O) groups is 4. The zero-order valence-corrected chi connectivity index (χ0v) is 36.3. The topological polar surface area (TPSA) is 129 Å². The van der Waals surface area contributed by atoms with Crippen molar-refractivity contribution in [3.05, 3.63) is 82.8 Å². The van der Waals surface area contributed by atoms with Gasteiger partial charge in [-0.15, -0.1) is 0 Å². The fourth-order valence-corrected chi connectivity index (χ4v) is 10.6. The molecule has 0 aliphatic carbocycles. The van der Waals surface area contributed by atoms with Gasteiger partial charge in [0.25, 0.3) is 11.8 Å². The summed E-state index contributed by atoms with van der Waals surface area (Å²) < 4.78 is 56.4. The Labute approximate surface area is 375 Å². The molecule has 5 fully saturated rings. The lowest BCUT2D eigenvalue weighted by atomic mass is 9.92. The monoisotopic (exact) mass is 898 g/mol. The van der Waals surface area contributed by atoms with E-state index in [0.717, 1.165) is 114 Å². The molecule has 2 N–H and O–H groups in total. The predicted molar refractivity (Wildman–Crippen MR) is 237 cm³/mol. The number of fused-ring (bicyclic) bond motifs is 1. The van der Waals surface area contributed by atoms with Gasteiger partial charge in [0.2, 0.25) is 11.8 Å². The smallest absolute Gasteiger partial charge is 0.371 e. The van der Waals surface area contributed by atoms with Crippen LogP contribution in [0, 0.1) is 12.5 Å². The van der Waals surface area contributed by atoms with Crippen molar-refractivity contribution in [2.24, 2.45) is 5.92 Å². The summed E-state index contributed by atoms with van der Waals surface area (Å²) in [6.07, 6.45) is 1.49. The molecule has 14 nitrogen and oxygen atoms in total. The highest BCUT2D eigenvalue weighted by atomic mass is 19.4. The van der Waals surface area contributed by atoms with E-state index in [1.807, 2.05) is 18.2 Å². The number of amides is 4. The normalized spacial score (nSPS) is 22.8. The Morgan fingerprint density at radius 1 is 0.815 bits per heavy atom. The highest BCUT2D eigenvalue weighted by Crippen LogP contribution is 2.40. The molecule has 4 amide bonds. The minimum absolute atomic E-state index is 0.0420. The summed E-state index contributed by atoms with van der Waals surface area (Å²) in [6, 6.07) is 13.0. The standard InChI is InChI=1S/C47H54F4N10O4/c1-52-39-6-3-35(27-38(39)47(49,50)51)59-20-14-46(48,15-21-59)45(65)54-41-8-4-36(28-53-41)58-16-10-31(11-17-58)29-56-22-24-60(25-23-56)33-12-18-57(19-13-33)34-2-5-37-32(26-34)30-61(44(37)64)40-7-9-42(62)55-43(40)63/h2-6,8,26-28,31,33,40H,7,9-25,29-30H2,(H,53,54,65)(H,55,62,63). The molecule has 0 spiro atoms. The minimum Gasteiger partial charge on any atom is -0.371 e. The SMILES string of the molecule is [C-]#[N+]c1ccc(N2CCC(F)(C(=O)Nc3ccc(N4CCC(CN5CCN(C6CCN(c7ccc8c(c7)CN(C7CCC(=O)NC7=O)C8=O)CC6)CC5)CC4)cn3)CC2)cc1C(F)(F)F. The lowest BCUT2D eigenvalue weighted by Crippen LogP contribution is -2.54. The molecule has 0 bridgehead atoms. The van der Waals surface area contributed by atoms with Crippen LogP contribution in [-0.4, -0.2) is 133 Å². The van der Waals surface area contributed by atoms with E-state index < -0.39 is 41.0 Å². The Bertz CT molecular complexity index is 2330. The van der Waals surface area contributed by atoms with Crippen LogP contribution in [0.1, 0.15) is 72.9 Å². The Morgan fingerprint density at radius 3 is 2.12 bits per heavy atom. The van der Waals surface area contributed by atoms with Crippen LogP contribution in [0.2, 0.25) is 0 Å². The van der Waals surface area contributed by atoms with E-state index in [-0.39, 0.29) is 55.7 Å². The first-order valence-electron chi connectivity index (χ1n) is 22.8. The summed E-state index contributed by atoms with van der Waals surface area (Å²) in [5.41, 5.74) is 0.128. The third-order valence-electron chi connectivity index (χ3n) is 14.5. The highest BCUT2D eigenvalue weighted by molar-refractivity contribution is 6.05. The van der Waals surface area contributed by atoms with Crippen molar-refractivity contribution in [2.45, 2.75) is 81.8 Å². The average Bonchev–Trinajstić information content (AvgIpc) is 3.64. The van der Waals surface area contributed by atoms with Crippen LogP contribution >= 0.6 is 0 Å². The van der Waals surface area contributed by atoms with Crippen molar-refractivity contribution in [3.8, 4) is 0 Å². The molecule has 9 rings (SSSR count). The van der Waals surface area contributed by atoms with Crippen molar-refractivity contribution < 1.29 is 36.7 Å². The number of alkyl halides is 4. The number of rotatable bonds is 9. The number of hydrogen-bond acceptors (Lipinski definition) is 10. The number of pyridine rings is 1. The molecule has 6 aliphatic rings. The van der Waals surface area contributed by atoms with Crippen LogP contribution < -0.4 is 25.3 Å². The summed E-state index contributed by atoms with van der Waals surface area (Å²) in [5.74, 6) is -0.812. The predicted octanol–water partition coefficient (Wildman–Crippen LogP) is 5.86. The van der Waals surface area contributed by atoms with Gasteiger partial charge in [0.15, 0.2) is 11.4 Å². The van der Waals surface area contributed by atoms with Gasteiger partial charge in [-0.2, -0.15) is 13.2 Å². The first-order valence-corrected chi connectivity index (χ1v) is 22.8. The van der Waals surface area contributed by atoms with Gasteiger partial charge in [0.1, 0.15) is 11.9 Å². The van der Waals surface area contributed by atoms with Gasteiger partial charge in [-0.1, -0.05) is 6.07 Å². The van der Waals surface area contributed by atoms with E-state index >= 15 is 4.39 Å². The molecule has 7 heterocycles. The number of piperazine rings is 1. The molecule has 1 unspecified atom stereocenters. The molecule has 18 heteroatoms. The lowest BCUT2D eigenvalue weighted by molar-refractivity contribution is -0.138. The lowest BCUT2D eigenvalue weighted by Gasteiger charge is -2.44. The van der Waals surface area contributed by atoms with Gasteiger partial charge in [-0.25, -0.2) is 14.2 Å². The van der Waals surface area contributed by atoms with E-state index in [4.69, 9.17) is 6.57 Å². The van der Waals surface area contributed by atoms with E-state index in [9.17, 15) is 32.3 Å². The van der Waals surface area contributed by atoms with E-state index in [1.165, 1.54) is 6.07 Å². The fraction of sp³-hybridized carbons (Fsp3) is 0.532. The Kier molecular flexibility index (Phi) is 12.5. The first-order chi connectivity index (χ1) is 31.2. The average molecular weight is 899 g/mol. The summed E-state index contributed by atoms with van der Waals surface area (Å²) in [7, 11) is 0. The van der Waals surface area contributed by atoms with Crippen LogP contribution in [0.25, 0.3) is 4.85 Å². The molecule has 1 atom stereocenters. The summed E-state index contributed by atoms with van der Waals surface area (Å²) in [4.78, 5) is 70.9. The zero-order chi connectivity index (χ0) is 45.5. The van der Waals surface area contributed by atoms with Gasteiger partial charge in [0, 0.05) is 121 Å². The minimum atomic E-state index is -4.69. The maximum Gasteiger partial charge on any atom is 0.407 e. The molecule has 3 aromatic rings. The molecular formula is C47H54F4N10O4. The fourth-order valence-electron chi connectivity index (χ4n) is 10.6. The van der Waals surface area contributed by atoms with Gasteiger partial charge in [0.05, 0.1) is 24.0 Å². The molecule has 6 aliphatic heterocycles. The van der Waals surface area contributed by atoms with Crippen molar-refractivity contribution in [1.82, 2.24) is 25.0 Å². The van der Waals surface area contributed by atoms with Crippen molar-refractivity contribution in [3.63, 3.8) is 0 Å². The maximum atomic E-state index is 15.9. The third-order valence-corrected chi connectivity index (χ3v) is 14.5. The largest absolute Gasteiger partial charge is 0.407 e. The van der Waals surface area contributed by atoms with Crippen LogP contribution in [0.4, 0.5) is 46.1 Å². The molecule has 2 aromatic carbocycles. The number of nitrogens with one attached hydrogen (secondary N) is 2. The molecular weight excluding hydrogens is 845 g/mol. The number of anilines is 4. The number of nitrogens with zero attached hydrogens (tertiary/aromatic N) is 8. The Balaban J connectivity index is 0.676. The quantitative estimate of drug-likeness (QED) is 0.153. The third kappa shape index (κ3) is 9.49. The second-order valence-corrected chi connectivity index (χ2v) is 18.3. The number of piperidine rings is 4. The van der Waals surface area contributed by atoms with Crippen molar-refractivity contribution in [1.29, 1.82) is 0 Å². The number of benzene rings is 2. The van der Waals surface area contributed by atoms with E-state index in [0.29, 0.717) is 30.5 Å². The van der Waals surface area contributed by atoms with Crippen molar-refractivity contribution in [2.75, 3.05) is 92.0 Å². The van der Waals surface area contributed by atoms with E-state index in [1.54, 1.807) is 22.1 Å². The summed E-state index contributed by atoms with van der Waals surface area (Å²) in [5, 5.41) is 4.98. The van der Waals surface area contributed by atoms with Gasteiger partial charge in [-0.05, 0) is 86.1 Å². The van der Waals surface area contributed by atoms with Gasteiger partial charge >= 0.3 is 6.18 Å². The number of hydrogen-bond donors (Lipinski definition) is 2. The number of halogens is 4. The second kappa shape index (κ2) is 18.2. The molecule has 0 radical (unpaired) electrons. The summed E-state index contributed by atoms with van der Waals surface area (Å²) in [6.45, 7) is 16.5. The van der Waals surface area contributed by atoms with Crippen LogP contribution in [0.3, 0.4) is 0 Å². The van der Waals surface area contributed by atoms with Gasteiger partial charge in [-0.3, -0.25) is 29.4 Å². The first kappa shape index (κ1) is 44.4. The molecule has 0 saturated carbocycles. The second-order valence-electron chi connectivity index (χ2n) is 18.3.